The molecule has 0 fully saturated rings. The van der Waals surface area contributed by atoms with E-state index in [0.717, 1.165) is 24.1 Å². The van der Waals surface area contributed by atoms with Crippen molar-refractivity contribution < 1.29 is 5.11 Å². The lowest BCUT2D eigenvalue weighted by molar-refractivity contribution is 0.475. The van der Waals surface area contributed by atoms with Gasteiger partial charge < -0.3 is 5.11 Å². The zero-order valence-electron chi connectivity index (χ0n) is 11.0. The van der Waals surface area contributed by atoms with Gasteiger partial charge in [0.05, 0.1) is 0 Å². The molecule has 1 aromatic heterocycles. The summed E-state index contributed by atoms with van der Waals surface area (Å²) in [6.45, 7) is 1.94. The van der Waals surface area contributed by atoms with E-state index in [-0.39, 0.29) is 5.75 Å². The van der Waals surface area contributed by atoms with Crippen molar-refractivity contribution in [3.63, 3.8) is 0 Å². The van der Waals surface area contributed by atoms with Crippen molar-refractivity contribution in [2.24, 2.45) is 5.10 Å². The van der Waals surface area contributed by atoms with E-state index >= 15 is 0 Å². The van der Waals surface area contributed by atoms with Crippen molar-refractivity contribution in [2.45, 2.75) is 19.8 Å². The van der Waals surface area contributed by atoms with E-state index in [9.17, 15) is 5.11 Å². The Bertz CT molecular complexity index is 581. The first-order chi connectivity index (χ1) is 9.63. The fourth-order valence-electron chi connectivity index (χ4n) is 1.57. The molecule has 0 saturated carbocycles. The molecule has 0 aliphatic heterocycles. The van der Waals surface area contributed by atoms with E-state index in [1.807, 2.05) is 19.1 Å². The molecular formula is C14H15ClN4O. The molecule has 0 radical (unpaired) electrons. The monoisotopic (exact) mass is 290 g/mol. The lowest BCUT2D eigenvalue weighted by Gasteiger charge is -2.03. The van der Waals surface area contributed by atoms with Crippen LogP contribution in [0, 0.1) is 0 Å². The third kappa shape index (κ3) is 4.51. The van der Waals surface area contributed by atoms with Gasteiger partial charge in [0, 0.05) is 5.71 Å². The number of hydrogen-bond acceptors (Lipinski definition) is 5. The predicted molar refractivity (Wildman–Crippen MR) is 80.2 cm³/mol. The van der Waals surface area contributed by atoms with Crippen molar-refractivity contribution in [2.75, 3.05) is 5.43 Å². The SMILES string of the molecule is CC(CCc1ccc(O)cc1)=NNc1ccc(Cl)nn1. The average molecular weight is 291 g/mol. The number of nitrogens with one attached hydrogen (secondary N) is 1. The molecule has 0 spiro atoms. The number of phenols is 1. The summed E-state index contributed by atoms with van der Waals surface area (Å²) in [4.78, 5) is 0. The van der Waals surface area contributed by atoms with Gasteiger partial charge in [-0.1, -0.05) is 23.7 Å². The quantitative estimate of drug-likeness (QED) is 0.655. The van der Waals surface area contributed by atoms with E-state index in [4.69, 9.17) is 11.6 Å². The van der Waals surface area contributed by atoms with Crippen LogP contribution in [0.1, 0.15) is 18.9 Å². The Labute approximate surface area is 122 Å². The minimum Gasteiger partial charge on any atom is -0.508 e. The number of aromatic hydroxyl groups is 1. The van der Waals surface area contributed by atoms with Crippen molar-refractivity contribution >= 4 is 23.1 Å². The molecular weight excluding hydrogens is 276 g/mol. The summed E-state index contributed by atoms with van der Waals surface area (Å²) in [7, 11) is 0. The average Bonchev–Trinajstić information content (AvgIpc) is 2.46. The van der Waals surface area contributed by atoms with Crippen LogP contribution in [0.3, 0.4) is 0 Å². The first kappa shape index (κ1) is 14.3. The Hall–Kier alpha value is -2.14. The highest BCUT2D eigenvalue weighted by atomic mass is 35.5. The smallest absolute Gasteiger partial charge is 0.168 e. The second kappa shape index (κ2) is 6.86. The molecule has 0 amide bonds. The number of phenolic OH excluding ortho intramolecular Hbond substituents is 1. The summed E-state index contributed by atoms with van der Waals surface area (Å²) in [6.07, 6.45) is 1.68. The Morgan fingerprint density at radius 2 is 1.95 bits per heavy atom. The molecule has 2 N–H and O–H groups in total. The molecule has 6 heteroatoms. The number of nitrogens with zero attached hydrogens (tertiary/aromatic N) is 3. The first-order valence-corrected chi connectivity index (χ1v) is 6.57. The minimum atomic E-state index is 0.280. The number of aromatic nitrogens is 2. The fraction of sp³-hybridized carbons (Fsp3) is 0.214. The predicted octanol–water partition coefficient (Wildman–Crippen LogP) is 3.26. The van der Waals surface area contributed by atoms with Crippen LogP contribution in [0.15, 0.2) is 41.5 Å². The maximum absolute atomic E-state index is 9.21. The summed E-state index contributed by atoms with van der Waals surface area (Å²) >= 11 is 5.65. The lowest BCUT2D eigenvalue weighted by atomic mass is 10.1. The maximum Gasteiger partial charge on any atom is 0.168 e. The van der Waals surface area contributed by atoms with Crippen LogP contribution in [0.5, 0.6) is 5.75 Å². The number of hydrogen-bond donors (Lipinski definition) is 2. The largest absolute Gasteiger partial charge is 0.508 e. The van der Waals surface area contributed by atoms with Gasteiger partial charge in [0.2, 0.25) is 0 Å². The van der Waals surface area contributed by atoms with Gasteiger partial charge in [-0.2, -0.15) is 5.10 Å². The lowest BCUT2D eigenvalue weighted by Crippen LogP contribution is -2.01. The van der Waals surface area contributed by atoms with Gasteiger partial charge in [0.15, 0.2) is 11.0 Å². The molecule has 104 valence electrons. The van der Waals surface area contributed by atoms with Gasteiger partial charge in [-0.15, -0.1) is 10.2 Å². The standard InChI is InChI=1S/C14H15ClN4O/c1-10(2-3-11-4-6-12(20)7-5-11)16-18-14-9-8-13(15)17-19-14/h4-9,20H,2-3H2,1H3,(H,18,19). The van der Waals surface area contributed by atoms with Crippen LogP contribution < -0.4 is 5.43 Å². The topological polar surface area (TPSA) is 70.4 Å². The molecule has 0 atom stereocenters. The third-order valence-electron chi connectivity index (χ3n) is 2.71. The van der Waals surface area contributed by atoms with Crippen molar-refractivity contribution in [3.8, 4) is 5.75 Å². The Kier molecular flexibility index (Phi) is 4.90. The number of halogens is 1. The summed E-state index contributed by atoms with van der Waals surface area (Å²) in [6, 6.07) is 10.5. The highest BCUT2D eigenvalue weighted by Crippen LogP contribution is 2.11. The Balaban J connectivity index is 1.84. The molecule has 5 nitrogen and oxygen atoms in total. The Morgan fingerprint density at radius 1 is 1.20 bits per heavy atom. The molecule has 0 aliphatic carbocycles. The normalized spacial score (nSPS) is 11.4. The minimum absolute atomic E-state index is 0.280. The third-order valence-corrected chi connectivity index (χ3v) is 2.91. The highest BCUT2D eigenvalue weighted by molar-refractivity contribution is 6.29. The van der Waals surface area contributed by atoms with Gasteiger partial charge in [-0.25, -0.2) is 0 Å². The molecule has 0 bridgehead atoms. The van der Waals surface area contributed by atoms with Crippen molar-refractivity contribution in [3.05, 3.63) is 47.1 Å². The zero-order valence-corrected chi connectivity index (χ0v) is 11.8. The number of benzene rings is 1. The van der Waals surface area contributed by atoms with Gasteiger partial charge in [-0.05, 0) is 49.6 Å². The maximum atomic E-state index is 9.21. The van der Waals surface area contributed by atoms with E-state index in [2.05, 4.69) is 20.7 Å². The number of anilines is 1. The van der Waals surface area contributed by atoms with E-state index in [1.165, 1.54) is 0 Å². The summed E-state index contributed by atoms with van der Waals surface area (Å²) < 4.78 is 0. The van der Waals surface area contributed by atoms with Crippen LogP contribution in [-0.4, -0.2) is 21.0 Å². The van der Waals surface area contributed by atoms with Gasteiger partial charge in [0.25, 0.3) is 0 Å². The van der Waals surface area contributed by atoms with Gasteiger partial charge in [0.1, 0.15) is 5.75 Å². The fourth-order valence-corrected chi connectivity index (χ4v) is 1.67. The molecule has 0 aliphatic rings. The second-order valence-corrected chi connectivity index (χ2v) is 4.75. The first-order valence-electron chi connectivity index (χ1n) is 6.20. The molecule has 0 saturated heterocycles. The van der Waals surface area contributed by atoms with Crippen LogP contribution in [-0.2, 0) is 6.42 Å². The Morgan fingerprint density at radius 3 is 2.60 bits per heavy atom. The highest BCUT2D eigenvalue weighted by Gasteiger charge is 1.98. The van der Waals surface area contributed by atoms with E-state index in [0.29, 0.717) is 11.0 Å². The van der Waals surface area contributed by atoms with E-state index < -0.39 is 0 Å². The van der Waals surface area contributed by atoms with Gasteiger partial charge in [-0.3, -0.25) is 5.43 Å². The van der Waals surface area contributed by atoms with Gasteiger partial charge >= 0.3 is 0 Å². The van der Waals surface area contributed by atoms with E-state index in [1.54, 1.807) is 24.3 Å². The van der Waals surface area contributed by atoms with Crippen LogP contribution in [0.2, 0.25) is 5.15 Å². The summed E-state index contributed by atoms with van der Waals surface area (Å²) in [5.41, 5.74) is 4.94. The van der Waals surface area contributed by atoms with Crippen LogP contribution in [0.4, 0.5) is 5.82 Å². The zero-order chi connectivity index (χ0) is 14.4. The molecule has 1 heterocycles. The van der Waals surface area contributed by atoms with Crippen molar-refractivity contribution in [1.82, 2.24) is 10.2 Å². The molecule has 2 aromatic rings. The summed E-state index contributed by atoms with van der Waals surface area (Å²) in [5, 5.41) is 21.4. The van der Waals surface area contributed by atoms with Crippen molar-refractivity contribution in [1.29, 1.82) is 0 Å². The number of hydrazone groups is 1. The molecule has 0 unspecified atom stereocenters. The van der Waals surface area contributed by atoms with Crippen LogP contribution in [0.25, 0.3) is 0 Å². The summed E-state index contributed by atoms with van der Waals surface area (Å²) in [5.74, 6) is 0.834. The molecule has 2 rings (SSSR count). The molecule has 20 heavy (non-hydrogen) atoms. The number of aryl methyl sites for hydroxylation is 1. The molecule has 1 aromatic carbocycles. The number of rotatable bonds is 5. The second-order valence-electron chi connectivity index (χ2n) is 4.37. The van der Waals surface area contributed by atoms with Crippen LogP contribution >= 0.6 is 11.6 Å².